The third-order valence-corrected chi connectivity index (χ3v) is 3.99. The molecule has 0 aromatic heterocycles. The van der Waals surface area contributed by atoms with Gasteiger partial charge in [0.25, 0.3) is 0 Å². The number of carbonyl (C=O) groups excluding carboxylic acids is 1. The van der Waals surface area contributed by atoms with Crippen molar-refractivity contribution in [1.82, 2.24) is 0 Å². The van der Waals surface area contributed by atoms with Crippen molar-refractivity contribution in [2.24, 2.45) is 0 Å². The Kier molecular flexibility index (Phi) is 6.21. The Morgan fingerprint density at radius 3 is 2.62 bits per heavy atom. The van der Waals surface area contributed by atoms with Crippen molar-refractivity contribution in [3.05, 3.63) is 23.3 Å². The average molecular weight is 338 g/mol. The Bertz CT molecular complexity index is 583. The molecule has 0 bridgehead atoms. The van der Waals surface area contributed by atoms with Crippen LogP contribution in [0.2, 0.25) is 0 Å². The molecule has 134 valence electrons. The van der Waals surface area contributed by atoms with Crippen molar-refractivity contribution < 1.29 is 29.2 Å². The summed E-state index contributed by atoms with van der Waals surface area (Å²) >= 11 is 0. The molecule has 1 aromatic rings. The molecule has 24 heavy (non-hydrogen) atoms. The van der Waals surface area contributed by atoms with Gasteiger partial charge in [-0.1, -0.05) is 13.8 Å². The zero-order valence-corrected chi connectivity index (χ0v) is 14.6. The Balaban J connectivity index is 2.23. The van der Waals surface area contributed by atoms with Crippen LogP contribution in [0, 0.1) is 6.92 Å². The van der Waals surface area contributed by atoms with Gasteiger partial charge in [-0.05, 0) is 30.5 Å². The Hall–Kier alpha value is -1.63. The number of aryl methyl sites for hydroxylation is 1. The molecule has 2 N–H and O–H groups in total. The number of aliphatic hydroxyl groups is 2. The molecule has 6 nitrogen and oxygen atoms in total. The summed E-state index contributed by atoms with van der Waals surface area (Å²) in [5.74, 6) is 0.922. The normalized spacial score (nSPS) is 24.0. The number of carbonyl (C=O) groups is 1. The van der Waals surface area contributed by atoms with Crippen molar-refractivity contribution >= 4 is 5.97 Å². The largest absolute Gasteiger partial charge is 0.465 e. The number of aliphatic hydroxyl groups excluding tert-OH is 2. The van der Waals surface area contributed by atoms with Crippen molar-refractivity contribution in [2.75, 3.05) is 6.61 Å². The zero-order chi connectivity index (χ0) is 17.9. The molecule has 0 saturated carbocycles. The minimum atomic E-state index is -0.621. The van der Waals surface area contributed by atoms with E-state index in [1.807, 2.05) is 26.8 Å². The van der Waals surface area contributed by atoms with Gasteiger partial charge in [0.05, 0.1) is 18.8 Å². The highest BCUT2D eigenvalue weighted by Gasteiger charge is 2.30. The fourth-order valence-electron chi connectivity index (χ4n) is 2.78. The summed E-state index contributed by atoms with van der Waals surface area (Å²) in [4.78, 5) is 11.3. The van der Waals surface area contributed by atoms with E-state index in [2.05, 4.69) is 0 Å². The van der Waals surface area contributed by atoms with E-state index in [9.17, 15) is 15.0 Å². The summed E-state index contributed by atoms with van der Waals surface area (Å²) in [7, 11) is 0. The number of hydrogen-bond acceptors (Lipinski definition) is 6. The summed E-state index contributed by atoms with van der Waals surface area (Å²) in [6.45, 7) is 7.08. The Morgan fingerprint density at radius 1 is 1.33 bits per heavy atom. The second kappa shape index (κ2) is 7.96. The van der Waals surface area contributed by atoms with E-state index in [1.54, 1.807) is 6.07 Å². The maximum absolute atomic E-state index is 11.3. The quantitative estimate of drug-likeness (QED) is 0.633. The third kappa shape index (κ3) is 4.69. The van der Waals surface area contributed by atoms with Gasteiger partial charge in [0.1, 0.15) is 11.5 Å². The number of benzene rings is 1. The van der Waals surface area contributed by atoms with E-state index in [0.717, 1.165) is 11.1 Å². The van der Waals surface area contributed by atoms with Crippen molar-refractivity contribution in [3.8, 4) is 11.5 Å². The lowest BCUT2D eigenvalue weighted by molar-refractivity contribution is -0.184. The molecule has 1 fully saturated rings. The summed E-state index contributed by atoms with van der Waals surface area (Å²) in [6, 6.07) is 3.62. The van der Waals surface area contributed by atoms with Crippen LogP contribution in [0.15, 0.2) is 12.1 Å². The van der Waals surface area contributed by atoms with Crippen LogP contribution in [0.1, 0.15) is 50.7 Å². The molecule has 0 spiro atoms. The lowest BCUT2D eigenvalue weighted by atomic mass is 9.99. The predicted octanol–water partition coefficient (Wildman–Crippen LogP) is 2.28. The summed E-state index contributed by atoms with van der Waals surface area (Å²) < 4.78 is 16.8. The Morgan fingerprint density at radius 2 is 2.04 bits per heavy atom. The van der Waals surface area contributed by atoms with Gasteiger partial charge in [0.2, 0.25) is 6.29 Å². The monoisotopic (exact) mass is 338 g/mol. The molecule has 1 aliphatic heterocycles. The van der Waals surface area contributed by atoms with Crippen LogP contribution in [0.25, 0.3) is 0 Å². The first-order valence-electron chi connectivity index (χ1n) is 8.24. The van der Waals surface area contributed by atoms with Crippen LogP contribution in [0.5, 0.6) is 11.5 Å². The molecule has 2 rings (SSSR count). The SMILES string of the molecule is CC(=O)Oc1cc(C)c(OC2CC(O)CC(CO)O2)cc1C(C)C. The average Bonchev–Trinajstić information content (AvgIpc) is 2.48. The van der Waals surface area contributed by atoms with E-state index < -0.39 is 18.5 Å². The molecule has 1 saturated heterocycles. The van der Waals surface area contributed by atoms with Gasteiger partial charge in [-0.25, -0.2) is 0 Å². The van der Waals surface area contributed by atoms with E-state index in [0.29, 0.717) is 24.3 Å². The molecule has 0 amide bonds. The highest BCUT2D eigenvalue weighted by molar-refractivity contribution is 5.70. The van der Waals surface area contributed by atoms with Gasteiger partial charge >= 0.3 is 5.97 Å². The van der Waals surface area contributed by atoms with Crippen LogP contribution < -0.4 is 9.47 Å². The minimum Gasteiger partial charge on any atom is -0.465 e. The highest BCUT2D eigenvalue weighted by atomic mass is 16.7. The van der Waals surface area contributed by atoms with Crippen molar-refractivity contribution in [2.45, 2.75) is 65.0 Å². The lowest BCUT2D eigenvalue weighted by Crippen LogP contribution is -2.40. The summed E-state index contributed by atoms with van der Waals surface area (Å²) in [5.41, 5.74) is 1.67. The number of hydrogen-bond donors (Lipinski definition) is 2. The fraction of sp³-hybridized carbons (Fsp3) is 0.611. The molecule has 1 heterocycles. The number of esters is 1. The van der Waals surface area contributed by atoms with E-state index in [-0.39, 0.29) is 18.5 Å². The van der Waals surface area contributed by atoms with Crippen LogP contribution in [0.3, 0.4) is 0 Å². The molecular formula is C18H26O6. The van der Waals surface area contributed by atoms with Gasteiger partial charge in [0, 0.05) is 25.3 Å². The topological polar surface area (TPSA) is 85.2 Å². The van der Waals surface area contributed by atoms with Gasteiger partial charge in [-0.3, -0.25) is 4.79 Å². The predicted molar refractivity (Wildman–Crippen MR) is 88.2 cm³/mol. The maximum atomic E-state index is 11.3. The Labute approximate surface area is 142 Å². The smallest absolute Gasteiger partial charge is 0.308 e. The molecule has 1 aromatic carbocycles. The van der Waals surface area contributed by atoms with Crippen LogP contribution in [-0.4, -0.2) is 41.3 Å². The molecule has 0 aliphatic carbocycles. The summed E-state index contributed by atoms with van der Waals surface area (Å²) in [5, 5.41) is 19.1. The first kappa shape index (κ1) is 18.7. The first-order valence-corrected chi connectivity index (χ1v) is 8.24. The number of rotatable bonds is 5. The molecule has 3 atom stereocenters. The third-order valence-electron chi connectivity index (χ3n) is 3.99. The van der Waals surface area contributed by atoms with Crippen LogP contribution in [-0.2, 0) is 9.53 Å². The first-order chi connectivity index (χ1) is 11.3. The van der Waals surface area contributed by atoms with E-state index in [1.165, 1.54) is 6.92 Å². The van der Waals surface area contributed by atoms with Crippen LogP contribution in [0.4, 0.5) is 0 Å². The van der Waals surface area contributed by atoms with Gasteiger partial charge in [-0.2, -0.15) is 0 Å². The molecule has 1 aliphatic rings. The van der Waals surface area contributed by atoms with Crippen molar-refractivity contribution in [1.29, 1.82) is 0 Å². The van der Waals surface area contributed by atoms with Gasteiger partial charge in [0.15, 0.2) is 0 Å². The number of ether oxygens (including phenoxy) is 3. The second-order valence-electron chi connectivity index (χ2n) is 6.52. The van der Waals surface area contributed by atoms with Gasteiger partial charge < -0.3 is 24.4 Å². The molecule has 6 heteroatoms. The summed E-state index contributed by atoms with van der Waals surface area (Å²) in [6.07, 6.45) is -0.865. The van der Waals surface area contributed by atoms with E-state index in [4.69, 9.17) is 14.2 Å². The zero-order valence-electron chi connectivity index (χ0n) is 14.6. The standard InChI is InChI=1S/C18H26O6/c1-10(2)15-8-16(11(3)5-17(15)22-12(4)20)24-18-7-13(21)6-14(9-19)23-18/h5,8,10,13-14,18-19,21H,6-7,9H2,1-4H3. The fourth-order valence-corrected chi connectivity index (χ4v) is 2.78. The highest BCUT2D eigenvalue weighted by Crippen LogP contribution is 2.35. The van der Waals surface area contributed by atoms with Gasteiger partial charge in [-0.15, -0.1) is 0 Å². The van der Waals surface area contributed by atoms with Crippen LogP contribution >= 0.6 is 0 Å². The molecular weight excluding hydrogens is 312 g/mol. The lowest BCUT2D eigenvalue weighted by Gasteiger charge is -2.32. The molecule has 3 unspecified atom stereocenters. The van der Waals surface area contributed by atoms with E-state index >= 15 is 0 Å². The second-order valence-corrected chi connectivity index (χ2v) is 6.52. The molecule has 0 radical (unpaired) electrons. The maximum Gasteiger partial charge on any atom is 0.308 e. The van der Waals surface area contributed by atoms with Crippen molar-refractivity contribution in [3.63, 3.8) is 0 Å². The minimum absolute atomic E-state index is 0.144.